The number of hydrogen-bond donors (Lipinski definition) is 2. The third-order valence-electron chi connectivity index (χ3n) is 6.38. The second kappa shape index (κ2) is 10.5. The summed E-state index contributed by atoms with van der Waals surface area (Å²) in [6.45, 7) is 2.65. The average molecular weight is 514 g/mol. The summed E-state index contributed by atoms with van der Waals surface area (Å²) in [6, 6.07) is 9.05. The predicted octanol–water partition coefficient (Wildman–Crippen LogP) is 3.82. The van der Waals surface area contributed by atoms with E-state index in [9.17, 15) is 13.7 Å². The number of fused-ring (bicyclic) bond motifs is 1. The highest BCUT2D eigenvalue weighted by Crippen LogP contribution is 2.30. The molecule has 4 aromatic rings. The van der Waals surface area contributed by atoms with E-state index in [-0.39, 0.29) is 12.4 Å². The first-order valence-corrected chi connectivity index (χ1v) is 14.0. The lowest BCUT2D eigenvalue weighted by molar-refractivity contribution is 0.281. The molecule has 0 aliphatic carbocycles. The maximum atomic E-state index is 14.4. The van der Waals surface area contributed by atoms with Gasteiger partial charge in [0.25, 0.3) is 0 Å². The van der Waals surface area contributed by atoms with Crippen LogP contribution in [0.4, 0.5) is 10.1 Å². The van der Waals surface area contributed by atoms with Crippen LogP contribution in [0.1, 0.15) is 17.0 Å². The molecule has 184 valence electrons. The van der Waals surface area contributed by atoms with Gasteiger partial charge >= 0.3 is 0 Å². The smallest absolute Gasteiger partial charge is 0.149 e. The fraction of sp³-hybridized carbons (Fsp3) is 0.360. The second-order valence-electron chi connectivity index (χ2n) is 8.59. The molecule has 4 heterocycles. The maximum Gasteiger partial charge on any atom is 0.149 e. The van der Waals surface area contributed by atoms with Crippen molar-refractivity contribution in [2.45, 2.75) is 19.4 Å². The summed E-state index contributed by atoms with van der Waals surface area (Å²) >= 11 is 1.41. The average Bonchev–Trinajstić information content (AvgIpc) is 3.49. The van der Waals surface area contributed by atoms with Crippen LogP contribution in [0.2, 0.25) is 0 Å². The van der Waals surface area contributed by atoms with Crippen molar-refractivity contribution in [1.82, 2.24) is 19.4 Å². The largest absolute Gasteiger partial charge is 0.389 e. The number of anilines is 1. The molecular formula is C25H28FN5O2S2. The summed E-state index contributed by atoms with van der Waals surface area (Å²) in [5.41, 5.74) is 3.77. The van der Waals surface area contributed by atoms with Crippen LogP contribution in [0.5, 0.6) is 0 Å². The quantitative estimate of drug-likeness (QED) is 0.373. The van der Waals surface area contributed by atoms with Gasteiger partial charge in [-0.1, -0.05) is 6.07 Å². The van der Waals surface area contributed by atoms with Gasteiger partial charge in [0.05, 0.1) is 18.0 Å². The number of aliphatic hydroxyl groups excluding tert-OH is 1. The van der Waals surface area contributed by atoms with E-state index in [0.29, 0.717) is 22.0 Å². The van der Waals surface area contributed by atoms with Crippen molar-refractivity contribution in [2.75, 3.05) is 43.5 Å². The molecule has 7 nitrogen and oxygen atoms in total. The third-order valence-corrected chi connectivity index (χ3v) is 8.48. The molecule has 0 saturated carbocycles. The highest BCUT2D eigenvalue weighted by atomic mass is 32.2. The van der Waals surface area contributed by atoms with E-state index in [0.717, 1.165) is 60.8 Å². The molecule has 1 aliphatic heterocycles. The lowest BCUT2D eigenvalue weighted by atomic mass is 10.1. The number of aromatic nitrogens is 3. The summed E-state index contributed by atoms with van der Waals surface area (Å²) in [5.74, 6) is 1.92. The zero-order valence-electron chi connectivity index (χ0n) is 19.5. The Morgan fingerprint density at radius 1 is 1.20 bits per heavy atom. The first-order chi connectivity index (χ1) is 17.1. The third kappa shape index (κ3) is 5.16. The molecule has 0 bridgehead atoms. The van der Waals surface area contributed by atoms with Gasteiger partial charge in [0.15, 0.2) is 0 Å². The van der Waals surface area contributed by atoms with Crippen molar-refractivity contribution in [3.05, 3.63) is 58.3 Å². The van der Waals surface area contributed by atoms with Crippen LogP contribution in [0.25, 0.3) is 28.1 Å². The van der Waals surface area contributed by atoms with Crippen LogP contribution >= 0.6 is 11.3 Å². The first kappa shape index (κ1) is 24.1. The van der Waals surface area contributed by atoms with Gasteiger partial charge in [0.2, 0.25) is 0 Å². The number of nitrogens with zero attached hydrogens (tertiary/aromatic N) is 4. The molecule has 0 atom stereocenters. The maximum absolute atomic E-state index is 14.4. The number of pyridine rings is 1. The number of thiazole rings is 1. The molecule has 0 amide bonds. The number of rotatable bonds is 8. The number of aryl methyl sites for hydroxylation is 1. The number of aliphatic hydroxyl groups is 1. The van der Waals surface area contributed by atoms with Gasteiger partial charge in [0, 0.05) is 65.0 Å². The fourth-order valence-electron chi connectivity index (χ4n) is 4.46. The predicted molar refractivity (Wildman–Crippen MR) is 140 cm³/mol. The number of halogens is 1. The van der Waals surface area contributed by atoms with Crippen LogP contribution in [0.3, 0.4) is 0 Å². The van der Waals surface area contributed by atoms with Crippen LogP contribution in [0.15, 0.2) is 41.9 Å². The van der Waals surface area contributed by atoms with Crippen molar-refractivity contribution in [3.63, 3.8) is 0 Å². The number of hydrogen-bond acceptors (Lipinski definition) is 7. The van der Waals surface area contributed by atoms with Crippen molar-refractivity contribution in [1.29, 1.82) is 0 Å². The number of nitrogens with one attached hydrogen (secondary N) is 1. The highest BCUT2D eigenvalue weighted by Gasteiger charge is 2.17. The molecule has 1 aliphatic rings. The summed E-state index contributed by atoms with van der Waals surface area (Å²) < 4.78 is 28.0. The first-order valence-electron chi connectivity index (χ1n) is 11.7. The summed E-state index contributed by atoms with van der Waals surface area (Å²) in [7, 11) is 1.03. The molecule has 1 aromatic carbocycles. The van der Waals surface area contributed by atoms with Crippen molar-refractivity contribution < 1.29 is 13.7 Å². The van der Waals surface area contributed by atoms with Crippen molar-refractivity contribution >= 4 is 38.9 Å². The minimum atomic E-state index is -0.664. The van der Waals surface area contributed by atoms with Crippen LogP contribution in [-0.2, 0) is 23.8 Å². The Morgan fingerprint density at radius 2 is 2.03 bits per heavy atom. The van der Waals surface area contributed by atoms with Gasteiger partial charge < -0.3 is 15.3 Å². The Balaban J connectivity index is 1.47. The molecule has 0 radical (unpaired) electrons. The molecule has 1 saturated heterocycles. The molecule has 0 unspecified atom stereocenters. The van der Waals surface area contributed by atoms with Gasteiger partial charge in [-0.15, -0.1) is 11.3 Å². The van der Waals surface area contributed by atoms with Crippen molar-refractivity contribution in [2.24, 2.45) is 0 Å². The minimum Gasteiger partial charge on any atom is -0.389 e. The second-order valence-corrected chi connectivity index (χ2v) is 11.2. The Morgan fingerprint density at radius 3 is 2.74 bits per heavy atom. The van der Waals surface area contributed by atoms with Gasteiger partial charge in [-0.25, -0.2) is 14.4 Å². The summed E-state index contributed by atoms with van der Waals surface area (Å²) in [5, 5.41) is 15.9. The molecule has 2 N–H and O–H groups in total. The SMILES string of the molecule is CNc1ccc(-c2ccc3c(CCCN4CCS(=O)CC4)cn(-c4csc(CO)n4)c3n2)cc1F. The Hall–Kier alpha value is -2.66. The molecule has 5 rings (SSSR count). The fourth-order valence-corrected chi connectivity index (χ4v) is 6.21. The summed E-state index contributed by atoms with van der Waals surface area (Å²) in [4.78, 5) is 11.8. The minimum absolute atomic E-state index is 0.104. The van der Waals surface area contributed by atoms with Gasteiger partial charge in [0.1, 0.15) is 22.3 Å². The van der Waals surface area contributed by atoms with Gasteiger partial charge in [-0.05, 0) is 49.2 Å². The van der Waals surface area contributed by atoms with E-state index in [1.807, 2.05) is 22.1 Å². The molecule has 10 heteroatoms. The monoisotopic (exact) mass is 513 g/mol. The Bertz CT molecular complexity index is 1360. The molecule has 3 aromatic heterocycles. The van der Waals surface area contributed by atoms with E-state index in [1.54, 1.807) is 13.1 Å². The molecule has 0 spiro atoms. The van der Waals surface area contributed by atoms with E-state index in [4.69, 9.17) is 4.98 Å². The molecular weight excluding hydrogens is 485 g/mol. The Labute approximate surface area is 210 Å². The van der Waals surface area contributed by atoms with Crippen LogP contribution in [-0.4, -0.2) is 66.9 Å². The van der Waals surface area contributed by atoms with Crippen LogP contribution < -0.4 is 5.32 Å². The van der Waals surface area contributed by atoms with Crippen LogP contribution in [0, 0.1) is 5.82 Å². The zero-order valence-corrected chi connectivity index (χ0v) is 21.2. The number of benzene rings is 1. The van der Waals surface area contributed by atoms with Gasteiger partial charge in [-0.2, -0.15) is 0 Å². The van der Waals surface area contributed by atoms with Crippen molar-refractivity contribution in [3.8, 4) is 17.1 Å². The lowest BCUT2D eigenvalue weighted by Gasteiger charge is -2.25. The topological polar surface area (TPSA) is 83.3 Å². The molecule has 1 fully saturated rings. The summed E-state index contributed by atoms with van der Waals surface area (Å²) in [6.07, 6.45) is 3.95. The van der Waals surface area contributed by atoms with E-state index in [1.165, 1.54) is 23.0 Å². The van der Waals surface area contributed by atoms with E-state index in [2.05, 4.69) is 27.5 Å². The standard InChI is InChI=1S/C25H28FN5O2S2/c1-27-22-6-4-17(13-20(22)26)21-7-5-19-18(3-2-8-30-9-11-35(33)12-10-30)14-31(25(19)28-21)23-16-34-24(15-32)29-23/h4-7,13-14,16,27,32H,2-3,8-12,15H2,1H3. The normalized spacial score (nSPS) is 15.2. The van der Waals surface area contributed by atoms with Gasteiger partial charge in [-0.3, -0.25) is 8.78 Å². The highest BCUT2D eigenvalue weighted by molar-refractivity contribution is 7.85. The lowest BCUT2D eigenvalue weighted by Crippen LogP contribution is -2.38. The molecule has 35 heavy (non-hydrogen) atoms. The van der Waals surface area contributed by atoms with E-state index >= 15 is 0 Å². The zero-order chi connectivity index (χ0) is 24.4. The van der Waals surface area contributed by atoms with E-state index < -0.39 is 10.8 Å². The Kier molecular flexibility index (Phi) is 7.24.